The van der Waals surface area contributed by atoms with Gasteiger partial charge in [-0.3, -0.25) is 4.68 Å². The first-order valence-electron chi connectivity index (χ1n) is 7.73. The number of rotatable bonds is 4. The lowest BCUT2D eigenvalue weighted by atomic mass is 9.94. The van der Waals surface area contributed by atoms with Crippen LogP contribution >= 0.6 is 0 Å². The summed E-state index contributed by atoms with van der Waals surface area (Å²) in [5, 5.41) is 3.97. The first kappa shape index (κ1) is 17.6. The fourth-order valence-electron chi connectivity index (χ4n) is 3.02. The number of aryl methyl sites for hydroxylation is 1. The molecule has 1 saturated heterocycles. The number of morpholine rings is 1. The molecule has 2 heterocycles. The molecule has 0 amide bonds. The lowest BCUT2D eigenvalue weighted by molar-refractivity contribution is -0.142. The van der Waals surface area contributed by atoms with E-state index in [1.807, 2.05) is 0 Å². The van der Waals surface area contributed by atoms with Gasteiger partial charge in [0.1, 0.15) is 6.54 Å². The van der Waals surface area contributed by atoms with Crippen molar-refractivity contribution in [1.29, 1.82) is 0 Å². The zero-order valence-corrected chi connectivity index (χ0v) is 13.7. The second-order valence-corrected chi connectivity index (χ2v) is 7.63. The third-order valence-corrected chi connectivity index (χ3v) is 5.71. The Balaban J connectivity index is 1.76. The summed E-state index contributed by atoms with van der Waals surface area (Å²) in [6.45, 7) is 0.00581. The lowest BCUT2D eigenvalue weighted by Gasteiger charge is -2.29. The monoisotopic (exact) mass is 368 g/mol. The van der Waals surface area contributed by atoms with Gasteiger partial charge in [0.15, 0.2) is 0 Å². The number of nitrogens with zero attached hydrogens (tertiary/aromatic N) is 3. The van der Waals surface area contributed by atoms with E-state index in [4.69, 9.17) is 4.74 Å². The third kappa shape index (κ3) is 4.08. The standard InChI is InChI=1S/C13H19F3N4O3S/c14-13(15,16)9-19-8-10-2-1-3-11(12(10)17-19)18-24(21,22)20-4-6-23-7-5-20/h8,11,18H,1-7,9H2/t11-/m1/s1. The van der Waals surface area contributed by atoms with E-state index >= 15 is 0 Å². The first-order valence-corrected chi connectivity index (χ1v) is 9.17. The molecule has 1 fully saturated rings. The summed E-state index contributed by atoms with van der Waals surface area (Å²) < 4.78 is 72.3. The summed E-state index contributed by atoms with van der Waals surface area (Å²) in [7, 11) is -3.72. The van der Waals surface area contributed by atoms with Gasteiger partial charge in [-0.25, -0.2) is 0 Å². The van der Waals surface area contributed by atoms with Crippen LogP contribution in [0.4, 0.5) is 13.2 Å². The van der Waals surface area contributed by atoms with Crippen molar-refractivity contribution in [3.63, 3.8) is 0 Å². The molecule has 136 valence electrons. The second-order valence-electron chi connectivity index (χ2n) is 5.93. The van der Waals surface area contributed by atoms with Crippen molar-refractivity contribution < 1.29 is 26.3 Å². The van der Waals surface area contributed by atoms with Crippen LogP contribution in [0.25, 0.3) is 0 Å². The van der Waals surface area contributed by atoms with Gasteiger partial charge in [-0.2, -0.15) is 35.7 Å². The van der Waals surface area contributed by atoms with Crippen LogP contribution in [0.3, 0.4) is 0 Å². The Morgan fingerprint density at radius 2 is 2.04 bits per heavy atom. The molecular weight excluding hydrogens is 349 g/mol. The summed E-state index contributed by atoms with van der Waals surface area (Å²) in [5.41, 5.74) is 1.06. The molecule has 1 aromatic heterocycles. The van der Waals surface area contributed by atoms with Gasteiger partial charge in [-0.15, -0.1) is 0 Å². The Morgan fingerprint density at radius 1 is 1.33 bits per heavy atom. The molecule has 11 heteroatoms. The second kappa shape index (κ2) is 6.62. The number of hydrogen-bond donors (Lipinski definition) is 1. The molecule has 1 aliphatic carbocycles. The average Bonchev–Trinajstić information content (AvgIpc) is 2.89. The number of ether oxygens (including phenoxy) is 1. The van der Waals surface area contributed by atoms with Gasteiger partial charge in [-0.1, -0.05) is 0 Å². The van der Waals surface area contributed by atoms with E-state index in [-0.39, 0.29) is 13.1 Å². The fourth-order valence-corrected chi connectivity index (χ4v) is 4.39. The van der Waals surface area contributed by atoms with Crippen molar-refractivity contribution in [3.05, 3.63) is 17.5 Å². The Hall–Kier alpha value is -1.17. The van der Waals surface area contributed by atoms with Crippen molar-refractivity contribution in [2.75, 3.05) is 26.3 Å². The third-order valence-electron chi connectivity index (χ3n) is 4.08. The van der Waals surface area contributed by atoms with Gasteiger partial charge >= 0.3 is 6.18 Å². The zero-order chi connectivity index (χ0) is 17.4. The van der Waals surface area contributed by atoms with Gasteiger partial charge in [0, 0.05) is 19.3 Å². The van der Waals surface area contributed by atoms with E-state index < -0.39 is 29.0 Å². The normalized spacial score (nSPS) is 23.2. The molecule has 1 N–H and O–H groups in total. The van der Waals surface area contributed by atoms with Crippen LogP contribution in [0.15, 0.2) is 6.20 Å². The highest BCUT2D eigenvalue weighted by Gasteiger charge is 2.33. The number of nitrogens with one attached hydrogen (secondary N) is 1. The lowest BCUT2D eigenvalue weighted by Crippen LogP contribution is -2.48. The predicted octanol–water partition coefficient (Wildman–Crippen LogP) is 0.989. The molecule has 3 rings (SSSR count). The number of aromatic nitrogens is 2. The van der Waals surface area contributed by atoms with E-state index in [9.17, 15) is 21.6 Å². The van der Waals surface area contributed by atoms with Crippen LogP contribution in [-0.2, 0) is 27.9 Å². The minimum Gasteiger partial charge on any atom is -0.379 e. The molecule has 0 aromatic carbocycles. The topological polar surface area (TPSA) is 76.5 Å². The molecule has 1 aromatic rings. The maximum Gasteiger partial charge on any atom is 0.408 e. The highest BCUT2D eigenvalue weighted by Crippen LogP contribution is 2.30. The average molecular weight is 368 g/mol. The fraction of sp³-hybridized carbons (Fsp3) is 0.769. The Kier molecular flexibility index (Phi) is 4.87. The summed E-state index contributed by atoms with van der Waals surface area (Å²) in [5.74, 6) is 0. The predicted molar refractivity (Wildman–Crippen MR) is 78.4 cm³/mol. The highest BCUT2D eigenvalue weighted by molar-refractivity contribution is 7.87. The van der Waals surface area contributed by atoms with Crippen molar-refractivity contribution in [1.82, 2.24) is 18.8 Å². The molecule has 2 aliphatic rings. The largest absolute Gasteiger partial charge is 0.408 e. The van der Waals surface area contributed by atoms with E-state index in [2.05, 4.69) is 9.82 Å². The van der Waals surface area contributed by atoms with Gasteiger partial charge in [-0.05, 0) is 24.8 Å². The van der Waals surface area contributed by atoms with E-state index in [0.29, 0.717) is 43.7 Å². The summed E-state index contributed by atoms with van der Waals surface area (Å²) in [4.78, 5) is 0. The molecule has 0 radical (unpaired) electrons. The maximum atomic E-state index is 12.5. The van der Waals surface area contributed by atoms with E-state index in [1.54, 1.807) is 0 Å². The van der Waals surface area contributed by atoms with Crippen LogP contribution in [0.2, 0.25) is 0 Å². The van der Waals surface area contributed by atoms with Gasteiger partial charge in [0.25, 0.3) is 10.2 Å². The molecule has 0 unspecified atom stereocenters. The maximum absolute atomic E-state index is 12.5. The summed E-state index contributed by atoms with van der Waals surface area (Å²) >= 11 is 0. The van der Waals surface area contributed by atoms with Crippen LogP contribution in [0, 0.1) is 0 Å². The van der Waals surface area contributed by atoms with Crippen molar-refractivity contribution in [2.45, 2.75) is 38.0 Å². The zero-order valence-electron chi connectivity index (χ0n) is 12.9. The van der Waals surface area contributed by atoms with Crippen LogP contribution in [0.5, 0.6) is 0 Å². The number of alkyl halides is 3. The minimum atomic E-state index is -4.36. The highest BCUT2D eigenvalue weighted by atomic mass is 32.2. The van der Waals surface area contributed by atoms with E-state index in [1.165, 1.54) is 10.5 Å². The SMILES string of the molecule is O=S(=O)(N[C@@H]1CCCc2cn(CC(F)(F)F)nc21)N1CCOCC1. The molecule has 0 saturated carbocycles. The smallest absolute Gasteiger partial charge is 0.379 e. The summed E-state index contributed by atoms with van der Waals surface area (Å²) in [6, 6.07) is -0.601. The molecule has 0 spiro atoms. The molecule has 24 heavy (non-hydrogen) atoms. The Morgan fingerprint density at radius 3 is 2.71 bits per heavy atom. The molecular formula is C13H19F3N4O3S. The van der Waals surface area contributed by atoms with Gasteiger partial charge in [0.05, 0.1) is 24.9 Å². The Labute approximate surface area is 137 Å². The molecule has 1 aliphatic heterocycles. The van der Waals surface area contributed by atoms with Crippen LogP contribution in [-0.4, -0.2) is 55.0 Å². The number of halogens is 3. The summed E-state index contributed by atoms with van der Waals surface area (Å²) in [6.07, 6.45) is -1.20. The molecule has 7 nitrogen and oxygen atoms in total. The van der Waals surface area contributed by atoms with Crippen molar-refractivity contribution in [3.8, 4) is 0 Å². The van der Waals surface area contributed by atoms with Gasteiger partial charge < -0.3 is 4.74 Å². The molecule has 0 bridgehead atoms. The van der Waals surface area contributed by atoms with Crippen LogP contribution in [0.1, 0.15) is 30.1 Å². The molecule has 1 atom stereocenters. The van der Waals surface area contributed by atoms with Crippen LogP contribution < -0.4 is 4.72 Å². The first-order chi connectivity index (χ1) is 11.2. The number of fused-ring (bicyclic) bond motifs is 1. The van der Waals surface area contributed by atoms with Gasteiger partial charge in [0.2, 0.25) is 0 Å². The Bertz CT molecular complexity index is 683. The van der Waals surface area contributed by atoms with E-state index in [0.717, 1.165) is 4.68 Å². The quantitative estimate of drug-likeness (QED) is 0.860. The number of hydrogen-bond acceptors (Lipinski definition) is 4. The van der Waals surface area contributed by atoms with Crippen molar-refractivity contribution in [2.24, 2.45) is 0 Å². The minimum absolute atomic E-state index is 0.261. The van der Waals surface area contributed by atoms with Crippen molar-refractivity contribution >= 4 is 10.2 Å².